The predicted molar refractivity (Wildman–Crippen MR) is 71.1 cm³/mol. The van der Waals surface area contributed by atoms with Gasteiger partial charge in [0.25, 0.3) is 0 Å². The second kappa shape index (κ2) is 5.39. The Balaban J connectivity index is 2.35. The zero-order chi connectivity index (χ0) is 13.0. The molecule has 1 heterocycles. The van der Waals surface area contributed by atoms with E-state index in [0.717, 1.165) is 11.1 Å². The van der Waals surface area contributed by atoms with Crippen LogP contribution in [0.15, 0.2) is 41.5 Å². The summed E-state index contributed by atoms with van der Waals surface area (Å²) in [6, 6.07) is 7.78. The molecule has 0 fully saturated rings. The Kier molecular flexibility index (Phi) is 3.66. The maximum atomic E-state index is 11.8. The first-order valence-electron chi connectivity index (χ1n) is 5.71. The minimum Gasteiger partial charge on any atom is -0.320 e. The van der Waals surface area contributed by atoms with Gasteiger partial charge >= 0.3 is 5.69 Å². The number of nitrogens with two attached hydrogens (primary N) is 1. The molecule has 92 valence electrons. The van der Waals surface area contributed by atoms with Gasteiger partial charge in [-0.25, -0.2) is 4.79 Å². The zero-order valence-electron chi connectivity index (χ0n) is 10.3. The van der Waals surface area contributed by atoms with E-state index in [1.807, 2.05) is 24.3 Å². The van der Waals surface area contributed by atoms with E-state index in [4.69, 9.17) is 5.73 Å². The highest BCUT2D eigenvalue weighted by molar-refractivity contribution is 5.41. The highest BCUT2D eigenvalue weighted by atomic mass is 16.1. The first kappa shape index (κ1) is 12.2. The Morgan fingerprint density at radius 3 is 2.72 bits per heavy atom. The lowest BCUT2D eigenvalue weighted by Crippen LogP contribution is -2.22. The average Bonchev–Trinajstić information content (AvgIpc) is 2.70. The van der Waals surface area contributed by atoms with Gasteiger partial charge in [0.1, 0.15) is 0 Å². The summed E-state index contributed by atoms with van der Waals surface area (Å²) in [6.45, 7) is 0.856. The van der Waals surface area contributed by atoms with Gasteiger partial charge in [-0.05, 0) is 11.6 Å². The van der Waals surface area contributed by atoms with Crippen molar-refractivity contribution in [2.24, 2.45) is 12.8 Å². The largest absolute Gasteiger partial charge is 0.328 e. The molecule has 0 aliphatic rings. The molecule has 0 spiro atoms. The molecule has 4 heteroatoms. The van der Waals surface area contributed by atoms with Crippen LogP contribution in [0.2, 0.25) is 0 Å². The van der Waals surface area contributed by atoms with Crippen LogP contribution in [-0.2, 0) is 13.6 Å². The Labute approximate surface area is 106 Å². The van der Waals surface area contributed by atoms with Crippen LogP contribution in [0, 0.1) is 11.8 Å². The maximum Gasteiger partial charge on any atom is 0.328 e. The Morgan fingerprint density at radius 1 is 1.28 bits per heavy atom. The van der Waals surface area contributed by atoms with Crippen molar-refractivity contribution in [3.05, 3.63) is 58.3 Å². The average molecular weight is 241 g/mol. The summed E-state index contributed by atoms with van der Waals surface area (Å²) in [6.07, 6.45) is 3.52. The Morgan fingerprint density at radius 2 is 2.06 bits per heavy atom. The van der Waals surface area contributed by atoms with Crippen molar-refractivity contribution in [3.8, 4) is 11.8 Å². The van der Waals surface area contributed by atoms with Crippen molar-refractivity contribution in [3.63, 3.8) is 0 Å². The lowest BCUT2D eigenvalue weighted by Gasteiger charge is -2.04. The van der Waals surface area contributed by atoms with E-state index in [2.05, 4.69) is 11.8 Å². The summed E-state index contributed by atoms with van der Waals surface area (Å²) in [5.41, 5.74) is 7.28. The van der Waals surface area contributed by atoms with Crippen LogP contribution < -0.4 is 11.4 Å². The molecule has 1 aromatic heterocycles. The summed E-state index contributed by atoms with van der Waals surface area (Å²) in [4.78, 5) is 11.8. The molecule has 4 nitrogen and oxygen atoms in total. The van der Waals surface area contributed by atoms with Crippen LogP contribution in [0.5, 0.6) is 0 Å². The molecule has 0 radical (unpaired) electrons. The summed E-state index contributed by atoms with van der Waals surface area (Å²) in [5.74, 6) is 5.86. The smallest absolute Gasteiger partial charge is 0.320 e. The first-order valence-corrected chi connectivity index (χ1v) is 5.71. The molecule has 0 saturated heterocycles. The van der Waals surface area contributed by atoms with E-state index < -0.39 is 0 Å². The summed E-state index contributed by atoms with van der Waals surface area (Å²) < 4.78 is 3.21. The van der Waals surface area contributed by atoms with Crippen molar-refractivity contribution in [1.29, 1.82) is 0 Å². The quantitative estimate of drug-likeness (QED) is 0.780. The number of imidazole rings is 1. The van der Waals surface area contributed by atoms with Gasteiger partial charge in [-0.1, -0.05) is 30.0 Å². The van der Waals surface area contributed by atoms with Gasteiger partial charge in [0.15, 0.2) is 0 Å². The van der Waals surface area contributed by atoms with Crippen LogP contribution >= 0.6 is 0 Å². The SMILES string of the molecule is Cn1ccn(Cc2ccccc2C#CCN)c1=O. The molecule has 0 atom stereocenters. The fourth-order valence-electron chi connectivity index (χ4n) is 1.74. The lowest BCUT2D eigenvalue weighted by atomic mass is 10.1. The second-order valence-corrected chi connectivity index (χ2v) is 3.98. The fourth-order valence-corrected chi connectivity index (χ4v) is 1.74. The van der Waals surface area contributed by atoms with Crippen LogP contribution in [0.1, 0.15) is 11.1 Å². The third-order valence-corrected chi connectivity index (χ3v) is 2.70. The molecule has 2 aromatic rings. The summed E-state index contributed by atoms with van der Waals surface area (Å²) >= 11 is 0. The number of aromatic nitrogens is 2. The maximum absolute atomic E-state index is 11.8. The third-order valence-electron chi connectivity index (χ3n) is 2.70. The van der Waals surface area contributed by atoms with Gasteiger partial charge in [0.05, 0.1) is 13.1 Å². The number of benzene rings is 1. The molecule has 0 aliphatic heterocycles. The predicted octanol–water partition coefficient (Wildman–Crippen LogP) is 0.545. The molecule has 0 unspecified atom stereocenters. The number of aryl methyl sites for hydroxylation is 1. The number of rotatable bonds is 2. The van der Waals surface area contributed by atoms with Gasteiger partial charge in [-0.3, -0.25) is 4.57 Å². The van der Waals surface area contributed by atoms with Gasteiger partial charge in [-0.2, -0.15) is 0 Å². The first-order chi connectivity index (χ1) is 8.72. The molecule has 1 aromatic carbocycles. The molecule has 0 bridgehead atoms. The molecule has 0 aliphatic carbocycles. The molecular weight excluding hydrogens is 226 g/mol. The Hall–Kier alpha value is -2.25. The minimum absolute atomic E-state index is 0.0309. The lowest BCUT2D eigenvalue weighted by molar-refractivity contribution is 0.717. The van der Waals surface area contributed by atoms with E-state index in [9.17, 15) is 4.79 Å². The number of hydrogen-bond donors (Lipinski definition) is 1. The Bertz CT molecular complexity index is 655. The van der Waals surface area contributed by atoms with Crippen molar-refractivity contribution in [2.75, 3.05) is 6.54 Å². The van der Waals surface area contributed by atoms with E-state index >= 15 is 0 Å². The van der Waals surface area contributed by atoms with Crippen LogP contribution in [0.3, 0.4) is 0 Å². The van der Waals surface area contributed by atoms with Gasteiger partial charge < -0.3 is 10.3 Å². The van der Waals surface area contributed by atoms with Crippen molar-refractivity contribution in [2.45, 2.75) is 6.54 Å². The van der Waals surface area contributed by atoms with E-state index in [0.29, 0.717) is 13.1 Å². The second-order valence-electron chi connectivity index (χ2n) is 3.98. The molecule has 0 amide bonds. The molecule has 2 N–H and O–H groups in total. The molecule has 0 saturated carbocycles. The van der Waals surface area contributed by atoms with E-state index in [1.54, 1.807) is 28.6 Å². The van der Waals surface area contributed by atoms with Crippen LogP contribution in [0.4, 0.5) is 0 Å². The summed E-state index contributed by atoms with van der Waals surface area (Å²) in [5, 5.41) is 0. The molecule has 18 heavy (non-hydrogen) atoms. The molecular formula is C14H15N3O. The highest BCUT2D eigenvalue weighted by Gasteiger charge is 2.03. The van der Waals surface area contributed by atoms with Gasteiger partial charge in [-0.15, -0.1) is 0 Å². The topological polar surface area (TPSA) is 52.9 Å². The van der Waals surface area contributed by atoms with Crippen LogP contribution in [0.25, 0.3) is 0 Å². The number of nitrogens with zero attached hydrogens (tertiary/aromatic N) is 2. The van der Waals surface area contributed by atoms with Gasteiger partial charge in [0, 0.05) is 25.0 Å². The summed E-state index contributed by atoms with van der Waals surface area (Å²) in [7, 11) is 1.74. The fraction of sp³-hybridized carbons (Fsp3) is 0.214. The van der Waals surface area contributed by atoms with E-state index in [-0.39, 0.29) is 5.69 Å². The van der Waals surface area contributed by atoms with Gasteiger partial charge in [0.2, 0.25) is 0 Å². The van der Waals surface area contributed by atoms with Crippen molar-refractivity contribution >= 4 is 0 Å². The normalized spacial score (nSPS) is 9.89. The zero-order valence-corrected chi connectivity index (χ0v) is 10.3. The van der Waals surface area contributed by atoms with Crippen molar-refractivity contribution < 1.29 is 0 Å². The van der Waals surface area contributed by atoms with E-state index in [1.165, 1.54) is 0 Å². The van der Waals surface area contributed by atoms with Crippen LogP contribution in [-0.4, -0.2) is 15.7 Å². The minimum atomic E-state index is -0.0309. The monoisotopic (exact) mass is 241 g/mol. The van der Waals surface area contributed by atoms with Crippen molar-refractivity contribution in [1.82, 2.24) is 9.13 Å². The molecule has 2 rings (SSSR count). The number of hydrogen-bond acceptors (Lipinski definition) is 2. The highest BCUT2D eigenvalue weighted by Crippen LogP contribution is 2.08. The standard InChI is InChI=1S/C14H15N3O/c1-16-9-10-17(14(16)18)11-13-6-3-2-5-12(13)7-4-8-15/h2-3,5-6,9-10H,8,11,15H2,1H3. The third kappa shape index (κ3) is 2.53.